The highest BCUT2D eigenvalue weighted by atomic mass is 16.3. The molecule has 1 fully saturated rings. The van der Waals surface area contributed by atoms with Crippen molar-refractivity contribution in [3.63, 3.8) is 0 Å². The maximum absolute atomic E-state index is 9.48. The van der Waals surface area contributed by atoms with Gasteiger partial charge < -0.3 is 10.4 Å². The molecule has 0 amide bonds. The van der Waals surface area contributed by atoms with Gasteiger partial charge in [0.1, 0.15) is 5.75 Å². The summed E-state index contributed by atoms with van der Waals surface area (Å²) in [6.07, 6.45) is 3.81. The van der Waals surface area contributed by atoms with Crippen molar-refractivity contribution in [2.75, 3.05) is 0 Å². The van der Waals surface area contributed by atoms with Crippen LogP contribution in [0.15, 0.2) is 24.3 Å². The molecular formula is C15H23NO. The highest BCUT2D eigenvalue weighted by Crippen LogP contribution is 2.37. The summed E-state index contributed by atoms with van der Waals surface area (Å²) in [5.41, 5.74) is 1.64. The molecule has 0 spiro atoms. The Labute approximate surface area is 104 Å². The summed E-state index contributed by atoms with van der Waals surface area (Å²) in [6.45, 7) is 6.85. The minimum absolute atomic E-state index is 0.306. The standard InChI is InChI=1S/C15H23NO/c1-11(12-5-4-6-14(17)9-12)16-13-7-8-15(2,3)10-13/h4-6,9,11,13,16-17H,7-8,10H2,1-3H3. The minimum Gasteiger partial charge on any atom is -0.508 e. The number of nitrogens with one attached hydrogen (secondary N) is 1. The molecule has 1 aliphatic rings. The van der Waals surface area contributed by atoms with Gasteiger partial charge in [0.25, 0.3) is 0 Å². The van der Waals surface area contributed by atoms with Crippen LogP contribution in [-0.2, 0) is 0 Å². The van der Waals surface area contributed by atoms with Crippen LogP contribution in [0.1, 0.15) is 51.6 Å². The van der Waals surface area contributed by atoms with E-state index < -0.39 is 0 Å². The Morgan fingerprint density at radius 3 is 2.76 bits per heavy atom. The van der Waals surface area contributed by atoms with Crippen molar-refractivity contribution in [1.82, 2.24) is 5.32 Å². The van der Waals surface area contributed by atoms with E-state index in [2.05, 4.69) is 32.2 Å². The highest BCUT2D eigenvalue weighted by Gasteiger charge is 2.31. The first-order valence-electron chi connectivity index (χ1n) is 6.51. The minimum atomic E-state index is 0.306. The molecule has 1 aromatic carbocycles. The zero-order chi connectivity index (χ0) is 12.5. The lowest BCUT2D eigenvalue weighted by molar-refractivity contribution is 0.356. The number of phenolic OH excluding ortho intramolecular Hbond substituents is 1. The van der Waals surface area contributed by atoms with Crippen molar-refractivity contribution in [3.8, 4) is 5.75 Å². The van der Waals surface area contributed by atoms with Crippen LogP contribution in [-0.4, -0.2) is 11.1 Å². The molecule has 0 bridgehead atoms. The van der Waals surface area contributed by atoms with Gasteiger partial charge in [-0.05, 0) is 49.3 Å². The lowest BCUT2D eigenvalue weighted by Gasteiger charge is -2.22. The van der Waals surface area contributed by atoms with Gasteiger partial charge in [0.05, 0.1) is 0 Å². The molecule has 2 rings (SSSR count). The van der Waals surface area contributed by atoms with Crippen molar-refractivity contribution in [3.05, 3.63) is 29.8 Å². The smallest absolute Gasteiger partial charge is 0.115 e. The summed E-state index contributed by atoms with van der Waals surface area (Å²) in [6, 6.07) is 8.45. The van der Waals surface area contributed by atoms with Crippen LogP contribution in [0, 0.1) is 5.41 Å². The van der Waals surface area contributed by atoms with Gasteiger partial charge in [0.15, 0.2) is 0 Å². The number of benzene rings is 1. The number of rotatable bonds is 3. The number of aromatic hydroxyl groups is 1. The number of hydrogen-bond acceptors (Lipinski definition) is 2. The second-order valence-electron chi connectivity index (χ2n) is 6.09. The van der Waals surface area contributed by atoms with Crippen LogP contribution < -0.4 is 5.32 Å². The van der Waals surface area contributed by atoms with E-state index >= 15 is 0 Å². The SMILES string of the molecule is CC(NC1CCC(C)(C)C1)c1cccc(O)c1. The van der Waals surface area contributed by atoms with Crippen molar-refractivity contribution in [2.24, 2.45) is 5.41 Å². The van der Waals surface area contributed by atoms with Gasteiger partial charge in [-0.15, -0.1) is 0 Å². The Bertz CT molecular complexity index is 386. The summed E-state index contributed by atoms with van der Waals surface area (Å²) >= 11 is 0. The third kappa shape index (κ3) is 3.22. The van der Waals surface area contributed by atoms with E-state index in [9.17, 15) is 5.11 Å². The molecule has 1 aliphatic carbocycles. The predicted molar refractivity (Wildman–Crippen MR) is 71.1 cm³/mol. The quantitative estimate of drug-likeness (QED) is 0.835. The molecule has 17 heavy (non-hydrogen) atoms. The van der Waals surface area contributed by atoms with Crippen molar-refractivity contribution in [2.45, 2.75) is 52.1 Å². The van der Waals surface area contributed by atoms with Crippen LogP contribution in [0.2, 0.25) is 0 Å². The lowest BCUT2D eigenvalue weighted by atomic mass is 9.91. The van der Waals surface area contributed by atoms with E-state index in [1.807, 2.05) is 12.1 Å². The first-order chi connectivity index (χ1) is 7.96. The maximum atomic E-state index is 9.48. The molecule has 0 aromatic heterocycles. The first-order valence-corrected chi connectivity index (χ1v) is 6.51. The number of hydrogen-bond donors (Lipinski definition) is 2. The molecule has 2 atom stereocenters. The van der Waals surface area contributed by atoms with Crippen LogP contribution in [0.25, 0.3) is 0 Å². The molecule has 0 heterocycles. The van der Waals surface area contributed by atoms with Gasteiger partial charge in [-0.2, -0.15) is 0 Å². The van der Waals surface area contributed by atoms with E-state index in [4.69, 9.17) is 0 Å². The van der Waals surface area contributed by atoms with Crippen molar-refractivity contribution >= 4 is 0 Å². The molecule has 94 valence electrons. The zero-order valence-electron chi connectivity index (χ0n) is 11.0. The molecule has 2 nitrogen and oxygen atoms in total. The van der Waals surface area contributed by atoms with E-state index in [1.54, 1.807) is 6.07 Å². The molecule has 0 aliphatic heterocycles. The Kier molecular flexibility index (Phi) is 3.43. The maximum Gasteiger partial charge on any atom is 0.115 e. The van der Waals surface area contributed by atoms with Crippen LogP contribution in [0.5, 0.6) is 5.75 Å². The molecule has 2 heteroatoms. The Morgan fingerprint density at radius 1 is 1.41 bits per heavy atom. The second-order valence-corrected chi connectivity index (χ2v) is 6.09. The topological polar surface area (TPSA) is 32.3 Å². The van der Waals surface area contributed by atoms with E-state index in [0.717, 1.165) is 5.56 Å². The second kappa shape index (κ2) is 4.69. The fraction of sp³-hybridized carbons (Fsp3) is 0.600. The zero-order valence-corrected chi connectivity index (χ0v) is 11.0. The van der Waals surface area contributed by atoms with Crippen molar-refractivity contribution in [1.29, 1.82) is 0 Å². The summed E-state index contributed by atoms with van der Waals surface area (Å²) in [7, 11) is 0. The molecule has 1 aromatic rings. The summed E-state index contributed by atoms with van der Waals surface area (Å²) < 4.78 is 0. The van der Waals surface area contributed by atoms with Gasteiger partial charge in [0.2, 0.25) is 0 Å². The monoisotopic (exact) mass is 233 g/mol. The Balaban J connectivity index is 1.96. The first kappa shape index (κ1) is 12.4. The highest BCUT2D eigenvalue weighted by molar-refractivity contribution is 5.29. The van der Waals surface area contributed by atoms with Crippen LogP contribution >= 0.6 is 0 Å². The average Bonchev–Trinajstić information content (AvgIpc) is 2.58. The van der Waals surface area contributed by atoms with Gasteiger partial charge in [-0.3, -0.25) is 0 Å². The molecular weight excluding hydrogens is 210 g/mol. The summed E-state index contributed by atoms with van der Waals surface area (Å²) in [5.74, 6) is 0.350. The summed E-state index contributed by atoms with van der Waals surface area (Å²) in [4.78, 5) is 0. The van der Waals surface area contributed by atoms with E-state index in [1.165, 1.54) is 19.3 Å². The Hall–Kier alpha value is -1.02. The lowest BCUT2D eigenvalue weighted by Crippen LogP contribution is -2.30. The van der Waals surface area contributed by atoms with Gasteiger partial charge in [0, 0.05) is 12.1 Å². The van der Waals surface area contributed by atoms with E-state index in [0.29, 0.717) is 23.2 Å². The molecule has 2 unspecified atom stereocenters. The molecule has 0 radical (unpaired) electrons. The third-order valence-electron chi connectivity index (χ3n) is 3.82. The van der Waals surface area contributed by atoms with Gasteiger partial charge in [-0.25, -0.2) is 0 Å². The van der Waals surface area contributed by atoms with Crippen molar-refractivity contribution < 1.29 is 5.11 Å². The molecule has 0 saturated heterocycles. The number of phenols is 1. The normalized spacial score (nSPS) is 24.8. The Morgan fingerprint density at radius 2 is 2.18 bits per heavy atom. The average molecular weight is 233 g/mol. The molecule has 2 N–H and O–H groups in total. The predicted octanol–water partition coefficient (Wildman–Crippen LogP) is 3.62. The van der Waals surface area contributed by atoms with E-state index in [-0.39, 0.29) is 0 Å². The fourth-order valence-corrected chi connectivity index (χ4v) is 2.82. The molecule has 1 saturated carbocycles. The van der Waals surface area contributed by atoms with Gasteiger partial charge in [-0.1, -0.05) is 26.0 Å². The van der Waals surface area contributed by atoms with Crippen LogP contribution in [0.3, 0.4) is 0 Å². The largest absolute Gasteiger partial charge is 0.508 e. The fourth-order valence-electron chi connectivity index (χ4n) is 2.82. The third-order valence-corrected chi connectivity index (χ3v) is 3.82. The van der Waals surface area contributed by atoms with Crippen LogP contribution in [0.4, 0.5) is 0 Å². The summed E-state index contributed by atoms with van der Waals surface area (Å²) in [5, 5.41) is 13.1. The van der Waals surface area contributed by atoms with Gasteiger partial charge >= 0.3 is 0 Å².